The van der Waals surface area contributed by atoms with Crippen LogP contribution in [-0.2, 0) is 21.2 Å². The standard InChI is InChI=1S/C30H37N3O7S/c1-5-18-40-27-14-12-24(19-29(27)39-6-2)21-31-32-30(34)22-33(17-16-23-10-8-7-9-11-23)41(35,36)25-13-15-26(37-3)28(20-25)38-4/h7-15,19-21H,5-6,16-18,22H2,1-4H3,(H,32,34)/b31-21-. The lowest BCUT2D eigenvalue weighted by molar-refractivity contribution is -0.121. The molecule has 10 nitrogen and oxygen atoms in total. The first-order valence-electron chi connectivity index (χ1n) is 13.3. The summed E-state index contributed by atoms with van der Waals surface area (Å²) >= 11 is 0. The van der Waals surface area contributed by atoms with Crippen LogP contribution in [0, 0.1) is 0 Å². The van der Waals surface area contributed by atoms with E-state index in [0.29, 0.717) is 42.4 Å². The van der Waals surface area contributed by atoms with Crippen molar-refractivity contribution in [1.29, 1.82) is 0 Å². The molecule has 0 aliphatic rings. The predicted octanol–water partition coefficient (Wildman–Crippen LogP) is 4.28. The molecule has 0 heterocycles. The fraction of sp³-hybridized carbons (Fsp3) is 0.333. The number of carbonyl (C=O) groups is 1. The molecule has 0 atom stereocenters. The number of benzene rings is 3. The van der Waals surface area contributed by atoms with Gasteiger partial charge in [0.1, 0.15) is 0 Å². The molecular weight excluding hydrogens is 546 g/mol. The normalized spacial score (nSPS) is 11.4. The van der Waals surface area contributed by atoms with Gasteiger partial charge in [-0.25, -0.2) is 13.8 Å². The quantitative estimate of drug-likeness (QED) is 0.198. The van der Waals surface area contributed by atoms with Crippen LogP contribution in [-0.4, -0.2) is 65.4 Å². The molecule has 0 saturated heterocycles. The highest BCUT2D eigenvalue weighted by molar-refractivity contribution is 7.89. The van der Waals surface area contributed by atoms with E-state index in [9.17, 15) is 13.2 Å². The van der Waals surface area contributed by atoms with Gasteiger partial charge in [0.2, 0.25) is 10.0 Å². The van der Waals surface area contributed by atoms with Gasteiger partial charge in [-0.1, -0.05) is 37.3 Å². The van der Waals surface area contributed by atoms with Gasteiger partial charge in [-0.05, 0) is 61.2 Å². The summed E-state index contributed by atoms with van der Waals surface area (Å²) in [7, 11) is -1.18. The molecule has 3 rings (SSSR count). The molecule has 1 amide bonds. The Morgan fingerprint density at radius 2 is 1.63 bits per heavy atom. The monoisotopic (exact) mass is 583 g/mol. The first kappa shape index (κ1) is 31.4. The van der Waals surface area contributed by atoms with Gasteiger partial charge in [0, 0.05) is 12.6 Å². The van der Waals surface area contributed by atoms with Gasteiger partial charge in [-0.15, -0.1) is 0 Å². The number of hydrogen-bond donors (Lipinski definition) is 1. The van der Waals surface area contributed by atoms with E-state index in [-0.39, 0.29) is 17.2 Å². The van der Waals surface area contributed by atoms with Crippen molar-refractivity contribution < 1.29 is 32.2 Å². The second-order valence-electron chi connectivity index (χ2n) is 8.87. The van der Waals surface area contributed by atoms with Gasteiger partial charge in [-0.3, -0.25) is 4.79 Å². The van der Waals surface area contributed by atoms with Crippen LogP contribution < -0.4 is 24.4 Å². The van der Waals surface area contributed by atoms with E-state index in [2.05, 4.69) is 10.5 Å². The van der Waals surface area contributed by atoms with Gasteiger partial charge >= 0.3 is 0 Å². The molecule has 0 bridgehead atoms. The van der Waals surface area contributed by atoms with Crippen molar-refractivity contribution in [2.45, 2.75) is 31.6 Å². The Morgan fingerprint density at radius 3 is 2.32 bits per heavy atom. The highest BCUT2D eigenvalue weighted by Crippen LogP contribution is 2.31. The number of hydrazone groups is 1. The van der Waals surface area contributed by atoms with E-state index in [0.717, 1.165) is 16.3 Å². The number of amides is 1. The zero-order valence-electron chi connectivity index (χ0n) is 23.8. The molecule has 11 heteroatoms. The van der Waals surface area contributed by atoms with Gasteiger partial charge in [-0.2, -0.15) is 9.41 Å². The topological polar surface area (TPSA) is 116 Å². The summed E-state index contributed by atoms with van der Waals surface area (Å²) in [5.74, 6) is 1.27. The Labute approximate surface area is 241 Å². The lowest BCUT2D eigenvalue weighted by atomic mass is 10.1. The molecule has 3 aromatic carbocycles. The van der Waals surface area contributed by atoms with E-state index >= 15 is 0 Å². The average molecular weight is 584 g/mol. The van der Waals surface area contributed by atoms with Crippen LogP contribution in [0.2, 0.25) is 0 Å². The van der Waals surface area contributed by atoms with E-state index < -0.39 is 22.5 Å². The molecule has 3 aromatic rings. The maximum atomic E-state index is 13.6. The molecule has 220 valence electrons. The zero-order chi connectivity index (χ0) is 29.7. The molecule has 0 saturated carbocycles. The predicted molar refractivity (Wildman–Crippen MR) is 158 cm³/mol. The van der Waals surface area contributed by atoms with E-state index in [1.807, 2.05) is 44.2 Å². The summed E-state index contributed by atoms with van der Waals surface area (Å²) in [5.41, 5.74) is 4.05. The number of ether oxygens (including phenoxy) is 4. The molecule has 0 aromatic heterocycles. The van der Waals surface area contributed by atoms with E-state index in [1.54, 1.807) is 18.2 Å². The Morgan fingerprint density at radius 1 is 0.902 bits per heavy atom. The van der Waals surface area contributed by atoms with Crippen LogP contribution in [0.4, 0.5) is 0 Å². The lowest BCUT2D eigenvalue weighted by Crippen LogP contribution is -2.40. The molecular formula is C30H37N3O7S. The fourth-order valence-electron chi connectivity index (χ4n) is 3.89. The Balaban J connectivity index is 1.77. The Kier molecular flexibility index (Phi) is 12.0. The van der Waals surface area contributed by atoms with Crippen molar-refractivity contribution in [3.63, 3.8) is 0 Å². The van der Waals surface area contributed by atoms with Crippen molar-refractivity contribution in [2.24, 2.45) is 5.10 Å². The number of rotatable bonds is 16. The van der Waals surface area contributed by atoms with Crippen LogP contribution in [0.5, 0.6) is 23.0 Å². The summed E-state index contributed by atoms with van der Waals surface area (Å²) < 4.78 is 50.3. The number of methoxy groups -OCH3 is 2. The van der Waals surface area contributed by atoms with Crippen LogP contribution in [0.25, 0.3) is 0 Å². The van der Waals surface area contributed by atoms with Gasteiger partial charge in [0.25, 0.3) is 5.91 Å². The minimum atomic E-state index is -4.07. The third kappa shape index (κ3) is 8.95. The summed E-state index contributed by atoms with van der Waals surface area (Å²) in [6, 6.07) is 19.1. The zero-order valence-corrected chi connectivity index (χ0v) is 24.6. The summed E-state index contributed by atoms with van der Waals surface area (Å²) in [5, 5.41) is 4.03. The van der Waals surface area contributed by atoms with E-state index in [1.165, 1.54) is 38.6 Å². The maximum Gasteiger partial charge on any atom is 0.255 e. The average Bonchev–Trinajstić information content (AvgIpc) is 2.99. The van der Waals surface area contributed by atoms with Crippen LogP contribution >= 0.6 is 0 Å². The second kappa shape index (κ2) is 15.6. The van der Waals surface area contributed by atoms with Crippen LogP contribution in [0.15, 0.2) is 76.7 Å². The minimum absolute atomic E-state index is 0.0200. The molecule has 0 spiro atoms. The van der Waals surface area contributed by atoms with Crippen molar-refractivity contribution in [2.75, 3.05) is 40.5 Å². The van der Waals surface area contributed by atoms with E-state index in [4.69, 9.17) is 18.9 Å². The minimum Gasteiger partial charge on any atom is -0.493 e. The highest BCUT2D eigenvalue weighted by Gasteiger charge is 2.27. The first-order chi connectivity index (χ1) is 19.8. The second-order valence-corrected chi connectivity index (χ2v) is 10.8. The molecule has 1 N–H and O–H groups in total. The number of sulfonamides is 1. The van der Waals surface area contributed by atoms with Crippen molar-refractivity contribution in [1.82, 2.24) is 9.73 Å². The largest absolute Gasteiger partial charge is 0.493 e. The SMILES string of the molecule is CCCOc1ccc(/C=N\NC(=O)CN(CCc2ccccc2)S(=O)(=O)c2ccc(OC)c(OC)c2)cc1OCC. The summed E-state index contributed by atoms with van der Waals surface area (Å²) in [6.45, 7) is 4.57. The Bertz CT molecular complexity index is 1410. The smallest absolute Gasteiger partial charge is 0.255 e. The molecule has 0 radical (unpaired) electrons. The number of carbonyl (C=O) groups excluding carboxylic acids is 1. The number of nitrogens with zero attached hydrogens (tertiary/aromatic N) is 2. The maximum absolute atomic E-state index is 13.6. The van der Waals surface area contributed by atoms with Crippen LogP contribution in [0.3, 0.4) is 0 Å². The molecule has 0 aliphatic heterocycles. The fourth-order valence-corrected chi connectivity index (χ4v) is 5.30. The van der Waals surface area contributed by atoms with Crippen molar-refractivity contribution in [3.05, 3.63) is 77.9 Å². The first-order valence-corrected chi connectivity index (χ1v) is 14.7. The third-order valence-electron chi connectivity index (χ3n) is 5.94. The summed E-state index contributed by atoms with van der Waals surface area (Å²) in [6.07, 6.45) is 2.74. The number of hydrogen-bond acceptors (Lipinski definition) is 8. The van der Waals surface area contributed by atoms with Crippen LogP contribution in [0.1, 0.15) is 31.4 Å². The molecule has 41 heavy (non-hydrogen) atoms. The third-order valence-corrected chi connectivity index (χ3v) is 7.78. The number of nitrogens with one attached hydrogen (secondary N) is 1. The van der Waals surface area contributed by atoms with Gasteiger partial charge in [0.15, 0.2) is 23.0 Å². The van der Waals surface area contributed by atoms with Gasteiger partial charge in [0.05, 0.1) is 45.1 Å². The Hall–Kier alpha value is -4.09. The molecule has 0 unspecified atom stereocenters. The summed E-state index contributed by atoms with van der Waals surface area (Å²) in [4.78, 5) is 12.9. The van der Waals surface area contributed by atoms with Crippen molar-refractivity contribution >= 4 is 22.1 Å². The molecule has 0 aliphatic carbocycles. The molecule has 0 fully saturated rings. The lowest BCUT2D eigenvalue weighted by Gasteiger charge is -2.22. The van der Waals surface area contributed by atoms with Gasteiger partial charge < -0.3 is 18.9 Å². The van der Waals surface area contributed by atoms with Crippen molar-refractivity contribution in [3.8, 4) is 23.0 Å². The highest BCUT2D eigenvalue weighted by atomic mass is 32.2.